The first-order valence-corrected chi connectivity index (χ1v) is 8.65. The van der Waals surface area contributed by atoms with Crippen LogP contribution in [-0.4, -0.2) is 18.1 Å². The maximum absolute atomic E-state index is 12.4. The van der Waals surface area contributed by atoms with Crippen LogP contribution in [0.3, 0.4) is 0 Å². The van der Waals surface area contributed by atoms with Crippen LogP contribution in [0.4, 0.5) is 0 Å². The van der Waals surface area contributed by atoms with E-state index in [0.717, 1.165) is 23.5 Å². The topological polar surface area (TPSA) is 38.3 Å². The molecule has 4 atom stereocenters. The second-order valence-corrected chi connectivity index (χ2v) is 7.06. The van der Waals surface area contributed by atoms with Gasteiger partial charge in [-0.15, -0.1) is 0 Å². The lowest BCUT2D eigenvalue weighted by molar-refractivity contribution is -0.128. The number of ether oxygens (including phenoxy) is 1. The summed E-state index contributed by atoms with van der Waals surface area (Å²) in [5.41, 5.74) is 0. The van der Waals surface area contributed by atoms with Gasteiger partial charge in [0, 0.05) is 6.04 Å². The average Bonchev–Trinajstić information content (AvgIpc) is 3.17. The minimum Gasteiger partial charge on any atom is -0.481 e. The molecule has 23 heavy (non-hydrogen) atoms. The molecule has 4 rings (SSSR count). The molecule has 0 radical (unpaired) electrons. The zero-order valence-electron chi connectivity index (χ0n) is 13.5. The van der Waals surface area contributed by atoms with Crippen LogP contribution in [0.1, 0.15) is 32.6 Å². The number of nitrogens with one attached hydrogen (secondary N) is 1. The van der Waals surface area contributed by atoms with Crippen LogP contribution in [0.2, 0.25) is 0 Å². The van der Waals surface area contributed by atoms with Crippen LogP contribution in [0, 0.1) is 11.8 Å². The van der Waals surface area contributed by atoms with Crippen LogP contribution in [-0.2, 0) is 4.79 Å². The molecule has 2 bridgehead atoms. The van der Waals surface area contributed by atoms with Crippen LogP contribution < -0.4 is 10.1 Å². The first kappa shape index (κ1) is 14.6. The highest BCUT2D eigenvalue weighted by molar-refractivity contribution is 5.84. The van der Waals surface area contributed by atoms with E-state index < -0.39 is 6.10 Å². The van der Waals surface area contributed by atoms with Gasteiger partial charge in [0.05, 0.1) is 0 Å². The Morgan fingerprint density at radius 2 is 1.96 bits per heavy atom. The molecule has 2 aromatic rings. The second kappa shape index (κ2) is 5.88. The third-order valence-corrected chi connectivity index (χ3v) is 5.47. The van der Waals surface area contributed by atoms with E-state index in [2.05, 4.69) is 17.4 Å². The van der Waals surface area contributed by atoms with Crippen LogP contribution in [0.15, 0.2) is 42.5 Å². The highest BCUT2D eigenvalue weighted by Gasteiger charge is 2.40. The molecule has 2 saturated carbocycles. The molecule has 120 valence electrons. The van der Waals surface area contributed by atoms with Crippen molar-refractivity contribution in [2.45, 2.75) is 44.8 Å². The fourth-order valence-corrected chi connectivity index (χ4v) is 4.22. The van der Waals surface area contributed by atoms with E-state index in [-0.39, 0.29) is 5.91 Å². The zero-order chi connectivity index (χ0) is 15.8. The Kier molecular flexibility index (Phi) is 3.72. The quantitative estimate of drug-likeness (QED) is 0.930. The molecule has 1 N–H and O–H groups in total. The molecule has 2 aromatic carbocycles. The predicted molar refractivity (Wildman–Crippen MR) is 91.4 cm³/mol. The van der Waals surface area contributed by atoms with Gasteiger partial charge in [-0.1, -0.05) is 36.8 Å². The van der Waals surface area contributed by atoms with E-state index in [9.17, 15) is 4.79 Å². The van der Waals surface area contributed by atoms with Gasteiger partial charge < -0.3 is 10.1 Å². The Morgan fingerprint density at radius 3 is 2.70 bits per heavy atom. The molecule has 3 heteroatoms. The third kappa shape index (κ3) is 2.92. The first-order valence-electron chi connectivity index (χ1n) is 8.65. The van der Waals surface area contributed by atoms with E-state index in [1.165, 1.54) is 24.6 Å². The minimum atomic E-state index is -0.463. The Bertz CT molecular complexity index is 726. The van der Waals surface area contributed by atoms with Crippen LogP contribution >= 0.6 is 0 Å². The molecule has 0 aliphatic heterocycles. The molecular weight excluding hydrogens is 286 g/mol. The van der Waals surface area contributed by atoms with Crippen molar-refractivity contribution in [1.29, 1.82) is 0 Å². The molecule has 0 spiro atoms. The smallest absolute Gasteiger partial charge is 0.261 e. The Labute approximate surface area is 137 Å². The van der Waals surface area contributed by atoms with Gasteiger partial charge in [0.2, 0.25) is 0 Å². The highest BCUT2D eigenvalue weighted by atomic mass is 16.5. The Balaban J connectivity index is 1.39. The molecule has 2 aliphatic rings. The van der Waals surface area contributed by atoms with Gasteiger partial charge >= 0.3 is 0 Å². The maximum atomic E-state index is 12.4. The molecule has 2 aliphatic carbocycles. The summed E-state index contributed by atoms with van der Waals surface area (Å²) < 4.78 is 5.86. The Hall–Kier alpha value is -2.03. The summed E-state index contributed by atoms with van der Waals surface area (Å²) in [5.74, 6) is 2.29. The number of carbonyl (C=O) groups excluding carboxylic acids is 1. The number of rotatable bonds is 4. The van der Waals surface area contributed by atoms with Crippen molar-refractivity contribution in [3.8, 4) is 5.75 Å². The number of hydrogen-bond acceptors (Lipinski definition) is 2. The Morgan fingerprint density at radius 1 is 1.13 bits per heavy atom. The summed E-state index contributed by atoms with van der Waals surface area (Å²) >= 11 is 0. The second-order valence-electron chi connectivity index (χ2n) is 7.06. The molecule has 0 saturated heterocycles. The average molecular weight is 309 g/mol. The van der Waals surface area contributed by atoms with Gasteiger partial charge in [-0.25, -0.2) is 0 Å². The predicted octanol–water partition coefficient (Wildman–Crippen LogP) is 3.91. The lowest BCUT2D eigenvalue weighted by Crippen LogP contribution is -2.44. The number of amides is 1. The summed E-state index contributed by atoms with van der Waals surface area (Å²) in [6, 6.07) is 14.5. The lowest BCUT2D eigenvalue weighted by Gasteiger charge is -2.24. The lowest BCUT2D eigenvalue weighted by atomic mass is 9.95. The number of benzene rings is 2. The van der Waals surface area contributed by atoms with E-state index in [4.69, 9.17) is 4.74 Å². The molecule has 0 aromatic heterocycles. The molecule has 1 amide bonds. The van der Waals surface area contributed by atoms with Gasteiger partial charge in [0.1, 0.15) is 5.75 Å². The SMILES string of the molecule is C[C@H](Oc1ccc2ccccc2c1)C(=O)N[C@@H]1C[C@H]2CC[C@H]1C2. The van der Waals surface area contributed by atoms with Crippen molar-refractivity contribution in [2.75, 3.05) is 0 Å². The van der Waals surface area contributed by atoms with E-state index >= 15 is 0 Å². The molecular formula is C20H23NO2. The van der Waals surface area contributed by atoms with E-state index in [0.29, 0.717) is 12.0 Å². The summed E-state index contributed by atoms with van der Waals surface area (Å²) in [7, 11) is 0. The van der Waals surface area contributed by atoms with Crippen molar-refractivity contribution in [2.24, 2.45) is 11.8 Å². The summed E-state index contributed by atoms with van der Waals surface area (Å²) in [4.78, 5) is 12.4. The monoisotopic (exact) mass is 309 g/mol. The third-order valence-electron chi connectivity index (χ3n) is 5.47. The summed E-state index contributed by atoms with van der Waals surface area (Å²) in [5, 5.41) is 5.51. The van der Waals surface area contributed by atoms with Crippen LogP contribution in [0.25, 0.3) is 10.8 Å². The first-order chi connectivity index (χ1) is 11.2. The molecule has 3 nitrogen and oxygen atoms in total. The van der Waals surface area contributed by atoms with Gasteiger partial charge in [-0.05, 0) is 60.9 Å². The van der Waals surface area contributed by atoms with Crippen molar-refractivity contribution in [3.63, 3.8) is 0 Å². The number of hydrogen-bond donors (Lipinski definition) is 1. The maximum Gasteiger partial charge on any atom is 0.261 e. The molecule has 0 heterocycles. The van der Waals surface area contributed by atoms with Crippen LogP contribution in [0.5, 0.6) is 5.75 Å². The fourth-order valence-electron chi connectivity index (χ4n) is 4.22. The fraction of sp³-hybridized carbons (Fsp3) is 0.450. The van der Waals surface area contributed by atoms with E-state index in [1.54, 1.807) is 0 Å². The van der Waals surface area contributed by atoms with Crippen molar-refractivity contribution < 1.29 is 9.53 Å². The molecule has 0 unspecified atom stereocenters. The van der Waals surface area contributed by atoms with Gasteiger partial charge in [0.25, 0.3) is 5.91 Å². The summed E-state index contributed by atoms with van der Waals surface area (Å²) in [6.07, 6.45) is 4.61. The standard InChI is InChI=1S/C20H23NO2/c1-13(20(22)21-19-11-14-6-7-17(19)10-14)23-18-9-8-15-4-2-3-5-16(15)12-18/h2-5,8-9,12-14,17,19H,6-7,10-11H2,1H3,(H,21,22)/t13-,14-,17-,19+/m0/s1. The minimum absolute atomic E-state index is 0.00992. The normalized spacial score (nSPS) is 27.1. The highest BCUT2D eigenvalue weighted by Crippen LogP contribution is 2.44. The van der Waals surface area contributed by atoms with Crippen molar-refractivity contribution in [1.82, 2.24) is 5.32 Å². The van der Waals surface area contributed by atoms with Gasteiger partial charge in [0.15, 0.2) is 6.10 Å². The number of fused-ring (bicyclic) bond motifs is 3. The summed E-state index contributed by atoms with van der Waals surface area (Å²) in [6.45, 7) is 1.83. The largest absolute Gasteiger partial charge is 0.481 e. The number of carbonyl (C=O) groups is 1. The molecule has 2 fully saturated rings. The van der Waals surface area contributed by atoms with Gasteiger partial charge in [-0.2, -0.15) is 0 Å². The van der Waals surface area contributed by atoms with Gasteiger partial charge in [-0.3, -0.25) is 4.79 Å². The van der Waals surface area contributed by atoms with E-state index in [1.807, 2.05) is 37.3 Å². The van der Waals surface area contributed by atoms with Crippen molar-refractivity contribution >= 4 is 16.7 Å². The zero-order valence-corrected chi connectivity index (χ0v) is 13.5. The van der Waals surface area contributed by atoms with Crippen molar-refractivity contribution in [3.05, 3.63) is 42.5 Å².